The lowest BCUT2D eigenvalue weighted by Crippen LogP contribution is -2.37. The van der Waals surface area contributed by atoms with Crippen LogP contribution >= 0.6 is 0 Å². The number of hydrogen-bond donors (Lipinski definition) is 0. The lowest BCUT2D eigenvalue weighted by atomic mass is 9.78. The fraction of sp³-hybridized carbons (Fsp3) is 0.387. The summed E-state index contributed by atoms with van der Waals surface area (Å²) >= 11 is 0. The fourth-order valence-electron chi connectivity index (χ4n) is 5.31. The zero-order chi connectivity index (χ0) is 27.6. The van der Waals surface area contributed by atoms with Crippen LogP contribution < -0.4 is 4.74 Å². The SMILES string of the molecule is CC1COC(c2ccc(C3CCC(C(F)(F)Oc4ccc(-c5ccc(C#N)cc5)c(F)c4)CC3)c(F)c2)OC1. The molecule has 0 atom stereocenters. The summed E-state index contributed by atoms with van der Waals surface area (Å²) < 4.78 is 76.1. The van der Waals surface area contributed by atoms with E-state index >= 15 is 8.78 Å². The third-order valence-electron chi connectivity index (χ3n) is 7.52. The summed E-state index contributed by atoms with van der Waals surface area (Å²) in [4.78, 5) is 0. The van der Waals surface area contributed by atoms with Gasteiger partial charge in [-0.1, -0.05) is 31.2 Å². The van der Waals surface area contributed by atoms with Crippen molar-refractivity contribution in [1.29, 1.82) is 5.26 Å². The van der Waals surface area contributed by atoms with Crippen LogP contribution in [0.4, 0.5) is 17.6 Å². The molecule has 39 heavy (non-hydrogen) atoms. The van der Waals surface area contributed by atoms with Gasteiger partial charge >= 0.3 is 6.11 Å². The molecular formula is C31H29F4NO3. The van der Waals surface area contributed by atoms with Crippen molar-refractivity contribution in [3.8, 4) is 22.9 Å². The van der Waals surface area contributed by atoms with Crippen molar-refractivity contribution in [2.45, 2.75) is 50.9 Å². The van der Waals surface area contributed by atoms with Gasteiger partial charge in [0.15, 0.2) is 6.29 Å². The maximum atomic E-state index is 15.1. The lowest BCUT2D eigenvalue weighted by molar-refractivity contribution is -0.222. The van der Waals surface area contributed by atoms with Crippen molar-refractivity contribution >= 4 is 0 Å². The van der Waals surface area contributed by atoms with E-state index in [1.165, 1.54) is 18.2 Å². The highest BCUT2D eigenvalue weighted by Gasteiger charge is 2.44. The normalized spacial score (nSPS) is 23.7. The number of nitriles is 1. The molecule has 8 heteroatoms. The van der Waals surface area contributed by atoms with E-state index in [4.69, 9.17) is 19.5 Å². The highest BCUT2D eigenvalue weighted by Crippen LogP contribution is 2.44. The average molecular weight is 540 g/mol. The number of ether oxygens (including phenoxy) is 3. The summed E-state index contributed by atoms with van der Waals surface area (Å²) in [6.45, 7) is 3.10. The second-order valence-electron chi connectivity index (χ2n) is 10.4. The van der Waals surface area contributed by atoms with E-state index in [0.717, 1.165) is 6.07 Å². The van der Waals surface area contributed by atoms with Gasteiger partial charge in [0.05, 0.1) is 30.8 Å². The first-order valence-corrected chi connectivity index (χ1v) is 13.1. The van der Waals surface area contributed by atoms with Crippen molar-refractivity contribution in [2.75, 3.05) is 13.2 Å². The third-order valence-corrected chi connectivity index (χ3v) is 7.52. The zero-order valence-electron chi connectivity index (χ0n) is 21.5. The van der Waals surface area contributed by atoms with Gasteiger partial charge in [0, 0.05) is 23.1 Å². The monoisotopic (exact) mass is 539 g/mol. The Balaban J connectivity index is 1.20. The largest absolute Gasteiger partial charge is 0.432 e. The van der Waals surface area contributed by atoms with E-state index < -0.39 is 24.1 Å². The molecule has 0 radical (unpaired) electrons. The van der Waals surface area contributed by atoms with E-state index in [2.05, 4.69) is 0 Å². The molecule has 204 valence electrons. The number of rotatable bonds is 6. The van der Waals surface area contributed by atoms with Crippen LogP contribution in [-0.2, 0) is 9.47 Å². The molecule has 0 unspecified atom stereocenters. The molecule has 4 nitrogen and oxygen atoms in total. The van der Waals surface area contributed by atoms with Crippen molar-refractivity contribution < 1.29 is 31.8 Å². The molecule has 1 saturated heterocycles. The molecule has 1 heterocycles. The molecule has 1 aliphatic heterocycles. The van der Waals surface area contributed by atoms with Crippen molar-refractivity contribution in [2.24, 2.45) is 11.8 Å². The standard InChI is InChI=1S/C31H29F4NO3/c1-19-17-37-30(38-18-19)23-8-12-26(28(32)14-23)22-6-9-24(10-7-22)31(34,35)39-25-11-13-27(29(33)15-25)21-4-2-20(16-36)3-5-21/h2-5,8,11-15,19,22,24,30H,6-7,9-10,17-18H2,1H3. The van der Waals surface area contributed by atoms with Gasteiger partial charge in [-0.3, -0.25) is 0 Å². The summed E-state index contributed by atoms with van der Waals surface area (Å²) in [5, 5.41) is 8.92. The van der Waals surface area contributed by atoms with Crippen LogP contribution in [0.5, 0.6) is 5.75 Å². The highest BCUT2D eigenvalue weighted by molar-refractivity contribution is 5.65. The van der Waals surface area contributed by atoms with E-state index in [-0.39, 0.29) is 41.8 Å². The van der Waals surface area contributed by atoms with Gasteiger partial charge in [0.1, 0.15) is 17.4 Å². The van der Waals surface area contributed by atoms with Gasteiger partial charge in [-0.25, -0.2) is 8.78 Å². The van der Waals surface area contributed by atoms with E-state index in [1.54, 1.807) is 36.4 Å². The average Bonchev–Trinajstić information content (AvgIpc) is 2.93. The molecule has 0 amide bonds. The number of alkyl halides is 2. The molecule has 3 aromatic carbocycles. The van der Waals surface area contributed by atoms with Gasteiger partial charge in [-0.05, 0) is 73.1 Å². The molecule has 3 aromatic rings. The predicted molar refractivity (Wildman–Crippen MR) is 137 cm³/mol. The minimum Gasteiger partial charge on any atom is -0.432 e. The molecule has 0 bridgehead atoms. The second-order valence-corrected chi connectivity index (χ2v) is 10.4. The van der Waals surface area contributed by atoms with E-state index in [0.29, 0.717) is 48.3 Å². The van der Waals surface area contributed by atoms with Crippen LogP contribution in [0.15, 0.2) is 60.7 Å². The Morgan fingerprint density at radius 3 is 2.18 bits per heavy atom. The van der Waals surface area contributed by atoms with Crippen LogP contribution in [0.1, 0.15) is 61.5 Å². The summed E-state index contributed by atoms with van der Waals surface area (Å²) in [6, 6.07) is 16.8. The van der Waals surface area contributed by atoms with Crippen LogP contribution in [0.2, 0.25) is 0 Å². The highest BCUT2D eigenvalue weighted by atomic mass is 19.3. The summed E-state index contributed by atoms with van der Waals surface area (Å²) in [6.07, 6.45) is -3.02. The first-order chi connectivity index (χ1) is 18.7. The molecule has 2 aliphatic rings. The van der Waals surface area contributed by atoms with E-state index in [1.807, 2.05) is 13.0 Å². The lowest BCUT2D eigenvalue weighted by Gasteiger charge is -2.34. The maximum absolute atomic E-state index is 15.1. The van der Waals surface area contributed by atoms with Crippen molar-refractivity contribution in [3.63, 3.8) is 0 Å². The Hall–Kier alpha value is -3.41. The molecular weight excluding hydrogens is 510 g/mol. The molecule has 0 aromatic heterocycles. The van der Waals surface area contributed by atoms with Crippen LogP contribution in [0, 0.1) is 34.8 Å². The number of nitrogens with zero attached hydrogens (tertiary/aromatic N) is 1. The number of hydrogen-bond acceptors (Lipinski definition) is 4. The smallest absolute Gasteiger partial charge is 0.400 e. The fourth-order valence-corrected chi connectivity index (χ4v) is 5.31. The first kappa shape index (κ1) is 27.2. The minimum atomic E-state index is -3.50. The number of benzene rings is 3. The quantitative estimate of drug-likeness (QED) is 0.297. The van der Waals surface area contributed by atoms with Gasteiger partial charge in [0.25, 0.3) is 0 Å². The third kappa shape index (κ3) is 6.10. The topological polar surface area (TPSA) is 51.5 Å². The van der Waals surface area contributed by atoms with Gasteiger partial charge in [-0.2, -0.15) is 14.0 Å². The van der Waals surface area contributed by atoms with Gasteiger partial charge in [-0.15, -0.1) is 0 Å². The molecule has 2 fully saturated rings. The maximum Gasteiger partial charge on any atom is 0.400 e. The van der Waals surface area contributed by atoms with Gasteiger partial charge < -0.3 is 14.2 Å². The number of halogens is 4. The van der Waals surface area contributed by atoms with Crippen LogP contribution in [0.3, 0.4) is 0 Å². The van der Waals surface area contributed by atoms with Crippen molar-refractivity contribution in [1.82, 2.24) is 0 Å². The summed E-state index contributed by atoms with van der Waals surface area (Å²) in [5.74, 6) is -2.31. The molecule has 5 rings (SSSR count). The van der Waals surface area contributed by atoms with Crippen LogP contribution in [-0.4, -0.2) is 19.3 Å². The Morgan fingerprint density at radius 1 is 0.872 bits per heavy atom. The predicted octanol–water partition coefficient (Wildman–Crippen LogP) is 8.13. The Labute approximate surface area is 225 Å². The molecule has 0 N–H and O–H groups in total. The van der Waals surface area contributed by atoms with Gasteiger partial charge in [0.2, 0.25) is 0 Å². The Morgan fingerprint density at radius 2 is 1.56 bits per heavy atom. The second kappa shape index (κ2) is 11.4. The summed E-state index contributed by atoms with van der Waals surface area (Å²) in [5.41, 5.74) is 2.29. The zero-order valence-corrected chi connectivity index (χ0v) is 21.5. The molecule has 1 aliphatic carbocycles. The van der Waals surface area contributed by atoms with Crippen molar-refractivity contribution in [3.05, 3.63) is 89.0 Å². The minimum absolute atomic E-state index is 0.150. The Kier molecular flexibility index (Phi) is 7.92. The Bertz CT molecular complexity index is 1340. The molecule has 0 spiro atoms. The van der Waals surface area contributed by atoms with E-state index in [9.17, 15) is 8.78 Å². The van der Waals surface area contributed by atoms with Crippen LogP contribution in [0.25, 0.3) is 11.1 Å². The summed E-state index contributed by atoms with van der Waals surface area (Å²) in [7, 11) is 0. The molecule has 1 saturated carbocycles. The first-order valence-electron chi connectivity index (χ1n) is 13.1.